The van der Waals surface area contributed by atoms with Crippen LogP contribution >= 0.6 is 0 Å². The smallest absolute Gasteiger partial charge is 0.414 e. The van der Waals surface area contributed by atoms with E-state index in [1.807, 2.05) is 0 Å². The molecule has 3 rings (SSSR count). The molecule has 12 heteroatoms. The molecule has 1 saturated heterocycles. The summed E-state index contributed by atoms with van der Waals surface area (Å²) in [5.41, 5.74) is -0.213. The minimum absolute atomic E-state index is 0.0827. The maximum absolute atomic E-state index is 14.7. The molecule has 170 valence electrons. The molecule has 10 nitrogen and oxygen atoms in total. The zero-order valence-electron chi connectivity index (χ0n) is 17.1. The molecule has 1 heterocycles. The van der Waals surface area contributed by atoms with Crippen molar-refractivity contribution in [2.24, 2.45) is 0 Å². The second kappa shape index (κ2) is 9.22. The van der Waals surface area contributed by atoms with Crippen LogP contribution in [0.3, 0.4) is 0 Å². The summed E-state index contributed by atoms with van der Waals surface area (Å²) in [6.45, 7) is 2.65. The highest BCUT2D eigenvalue weighted by Crippen LogP contribution is 2.29. The number of rotatable bonds is 7. The first-order valence-electron chi connectivity index (χ1n) is 9.39. The number of anilines is 2. The van der Waals surface area contributed by atoms with E-state index in [1.54, 1.807) is 0 Å². The van der Waals surface area contributed by atoms with Gasteiger partial charge in [-0.25, -0.2) is 17.6 Å². The average Bonchev–Trinajstić information content (AvgIpc) is 3.08. The number of para-hydroxylation sites is 1. The van der Waals surface area contributed by atoms with Gasteiger partial charge in [-0.1, -0.05) is 12.1 Å². The van der Waals surface area contributed by atoms with Crippen LogP contribution in [0.1, 0.15) is 13.8 Å². The fraction of sp³-hybridized carbons (Fsp3) is 0.250. The van der Waals surface area contributed by atoms with Gasteiger partial charge in [0.2, 0.25) is 5.91 Å². The minimum atomic E-state index is -4.29. The van der Waals surface area contributed by atoms with Gasteiger partial charge in [0.15, 0.2) is 5.75 Å². The molecule has 32 heavy (non-hydrogen) atoms. The molecule has 1 aliphatic rings. The van der Waals surface area contributed by atoms with Crippen molar-refractivity contribution in [1.29, 1.82) is 0 Å². The number of sulfonamides is 1. The monoisotopic (exact) mass is 465 g/mol. The van der Waals surface area contributed by atoms with E-state index in [0.717, 1.165) is 19.1 Å². The molecule has 2 amide bonds. The van der Waals surface area contributed by atoms with Gasteiger partial charge in [-0.3, -0.25) is 19.2 Å². The van der Waals surface area contributed by atoms with Crippen molar-refractivity contribution in [3.8, 4) is 5.75 Å². The Morgan fingerprint density at radius 3 is 2.59 bits per heavy atom. The fourth-order valence-corrected chi connectivity index (χ4v) is 4.16. The molecule has 1 fully saturated rings. The van der Waals surface area contributed by atoms with Gasteiger partial charge in [0.05, 0.1) is 24.5 Å². The maximum atomic E-state index is 14.7. The van der Waals surface area contributed by atoms with Crippen LogP contribution in [0.25, 0.3) is 0 Å². The van der Waals surface area contributed by atoms with Crippen LogP contribution in [0.5, 0.6) is 5.75 Å². The van der Waals surface area contributed by atoms with Gasteiger partial charge < -0.3 is 14.8 Å². The van der Waals surface area contributed by atoms with E-state index in [0.29, 0.717) is 0 Å². The summed E-state index contributed by atoms with van der Waals surface area (Å²) in [5, 5.41) is 2.53. The van der Waals surface area contributed by atoms with Gasteiger partial charge in [-0.15, -0.1) is 0 Å². The highest BCUT2D eigenvalue weighted by Gasteiger charge is 2.33. The number of amides is 2. The number of hydrogen-bond acceptors (Lipinski definition) is 7. The van der Waals surface area contributed by atoms with E-state index in [2.05, 4.69) is 10.0 Å². The Morgan fingerprint density at radius 1 is 1.22 bits per heavy atom. The van der Waals surface area contributed by atoms with Crippen LogP contribution in [0.15, 0.2) is 47.4 Å². The topological polar surface area (TPSA) is 131 Å². The summed E-state index contributed by atoms with van der Waals surface area (Å²) >= 11 is 0. The number of benzene rings is 2. The molecular formula is C20H20FN3O7S. The first-order chi connectivity index (χ1) is 15.1. The van der Waals surface area contributed by atoms with E-state index in [-0.39, 0.29) is 41.0 Å². The molecule has 0 spiro atoms. The zero-order chi connectivity index (χ0) is 23.5. The van der Waals surface area contributed by atoms with Crippen LogP contribution in [-0.2, 0) is 24.3 Å². The number of nitrogens with zero attached hydrogens (tertiary/aromatic N) is 1. The van der Waals surface area contributed by atoms with E-state index in [4.69, 9.17) is 9.47 Å². The highest BCUT2D eigenvalue weighted by atomic mass is 32.2. The lowest BCUT2D eigenvalue weighted by Crippen LogP contribution is -2.33. The number of ether oxygens (including phenoxy) is 2. The number of halogens is 1. The molecular weight excluding hydrogens is 445 g/mol. The van der Waals surface area contributed by atoms with Crippen molar-refractivity contribution in [3.05, 3.63) is 48.3 Å². The summed E-state index contributed by atoms with van der Waals surface area (Å²) in [6, 6.07) is 8.91. The summed E-state index contributed by atoms with van der Waals surface area (Å²) < 4.78 is 52.3. The van der Waals surface area contributed by atoms with E-state index in [1.165, 1.54) is 42.2 Å². The minimum Gasteiger partial charge on any atom is -0.442 e. The zero-order valence-corrected chi connectivity index (χ0v) is 17.9. The average molecular weight is 465 g/mol. The summed E-state index contributed by atoms with van der Waals surface area (Å²) in [4.78, 5) is 35.1. The molecule has 1 atom stereocenters. The van der Waals surface area contributed by atoms with Crippen LogP contribution in [-0.4, -0.2) is 45.6 Å². The van der Waals surface area contributed by atoms with Crippen molar-refractivity contribution in [2.75, 3.05) is 22.7 Å². The van der Waals surface area contributed by atoms with Crippen molar-refractivity contribution in [2.45, 2.75) is 24.8 Å². The second-order valence-electron chi connectivity index (χ2n) is 6.86. The Bertz CT molecular complexity index is 1170. The number of hydrogen-bond donors (Lipinski definition) is 2. The lowest BCUT2D eigenvalue weighted by atomic mass is 10.2. The van der Waals surface area contributed by atoms with Crippen molar-refractivity contribution in [3.63, 3.8) is 0 Å². The summed E-state index contributed by atoms with van der Waals surface area (Å²) in [6.07, 6.45) is -1.33. The molecule has 0 bridgehead atoms. The molecule has 1 aliphatic heterocycles. The lowest BCUT2D eigenvalue weighted by molar-refractivity contribution is -0.132. The molecule has 2 aromatic rings. The lowest BCUT2D eigenvalue weighted by Gasteiger charge is -2.16. The first-order valence-corrected chi connectivity index (χ1v) is 10.9. The number of carbonyl (C=O) groups is 3. The highest BCUT2D eigenvalue weighted by molar-refractivity contribution is 7.92. The van der Waals surface area contributed by atoms with Crippen molar-refractivity contribution >= 4 is 39.4 Å². The number of carbonyl (C=O) groups excluding carboxylic acids is 3. The van der Waals surface area contributed by atoms with Crippen molar-refractivity contribution in [1.82, 2.24) is 5.32 Å². The standard InChI is InChI=1S/C20H20FN3O7S/c1-12(25)22-10-15-11-24(20(27)31-15)14-7-8-17(16(21)9-14)23-32(28,29)19-6-4-3-5-18(19)30-13(2)26/h3-9,15,23H,10-11H2,1-2H3,(H,22,25)/t15-/m0/s1. The molecule has 0 aromatic heterocycles. The maximum Gasteiger partial charge on any atom is 0.414 e. The predicted molar refractivity (Wildman–Crippen MR) is 111 cm³/mol. The molecule has 0 saturated carbocycles. The molecule has 2 aromatic carbocycles. The predicted octanol–water partition coefficient (Wildman–Crippen LogP) is 2.01. The van der Waals surface area contributed by atoms with Gasteiger partial charge in [0.1, 0.15) is 16.8 Å². The van der Waals surface area contributed by atoms with Gasteiger partial charge in [0.25, 0.3) is 10.0 Å². The van der Waals surface area contributed by atoms with Gasteiger partial charge in [-0.05, 0) is 30.3 Å². The Hall–Kier alpha value is -3.67. The van der Waals surface area contributed by atoms with Crippen LogP contribution in [0, 0.1) is 5.82 Å². The SMILES string of the molecule is CC(=O)NC[C@H]1CN(c2ccc(NS(=O)(=O)c3ccccc3OC(C)=O)c(F)c2)C(=O)O1. The molecule has 0 aliphatic carbocycles. The quantitative estimate of drug-likeness (QED) is 0.472. The Morgan fingerprint density at radius 2 is 1.94 bits per heavy atom. The second-order valence-corrected chi connectivity index (χ2v) is 8.51. The van der Waals surface area contributed by atoms with E-state index < -0.39 is 34.0 Å². The number of esters is 1. The molecule has 2 N–H and O–H groups in total. The van der Waals surface area contributed by atoms with Gasteiger partial charge in [-0.2, -0.15) is 0 Å². The normalized spacial score (nSPS) is 15.8. The van der Waals surface area contributed by atoms with Crippen molar-refractivity contribution < 1.29 is 36.7 Å². The number of cyclic esters (lactones) is 1. The number of nitrogens with one attached hydrogen (secondary N) is 2. The molecule has 0 unspecified atom stereocenters. The van der Waals surface area contributed by atoms with E-state index in [9.17, 15) is 27.2 Å². The fourth-order valence-electron chi connectivity index (χ4n) is 2.96. The third kappa shape index (κ3) is 5.32. The van der Waals surface area contributed by atoms with Crippen LogP contribution < -0.4 is 19.7 Å². The summed E-state index contributed by atoms with van der Waals surface area (Å²) in [5.74, 6) is -2.13. The van der Waals surface area contributed by atoms with Gasteiger partial charge >= 0.3 is 12.1 Å². The Balaban J connectivity index is 1.78. The third-order valence-corrected chi connectivity index (χ3v) is 5.76. The summed E-state index contributed by atoms with van der Waals surface area (Å²) in [7, 11) is -4.29. The largest absolute Gasteiger partial charge is 0.442 e. The van der Waals surface area contributed by atoms with Gasteiger partial charge in [0, 0.05) is 13.8 Å². The first kappa shape index (κ1) is 23.0. The van der Waals surface area contributed by atoms with Crippen LogP contribution in [0.4, 0.5) is 20.6 Å². The van der Waals surface area contributed by atoms with Crippen LogP contribution in [0.2, 0.25) is 0 Å². The molecule has 0 radical (unpaired) electrons. The third-order valence-electron chi connectivity index (χ3n) is 4.35. The van der Waals surface area contributed by atoms with E-state index >= 15 is 0 Å². The Kier molecular flexibility index (Phi) is 6.63. The Labute approximate surface area is 183 Å².